The second kappa shape index (κ2) is 22.7. The van der Waals surface area contributed by atoms with Crippen molar-refractivity contribution in [1.82, 2.24) is 10.6 Å². The lowest BCUT2D eigenvalue weighted by Crippen LogP contribution is -2.51. The van der Waals surface area contributed by atoms with Gasteiger partial charge in [0.25, 0.3) is 8.41 Å². The number of benzene rings is 4. The normalized spacial score (nSPS) is 11.5. The van der Waals surface area contributed by atoms with Crippen molar-refractivity contribution in [2.24, 2.45) is 0 Å². The van der Waals surface area contributed by atoms with Crippen LogP contribution in [0.2, 0.25) is 22.2 Å². The number of hydrogen-bond donors (Lipinski definition) is 2. The Balaban J connectivity index is 0.000000306. The molecule has 0 spiro atoms. The van der Waals surface area contributed by atoms with Crippen LogP contribution in [-0.4, -0.2) is 42.2 Å². The van der Waals surface area contributed by atoms with E-state index >= 15 is 4.11 Å². The van der Waals surface area contributed by atoms with Gasteiger partial charge in [0.2, 0.25) is 11.8 Å². The molecule has 0 bridgehead atoms. The Morgan fingerprint density at radius 2 is 0.947 bits per heavy atom. The van der Waals surface area contributed by atoms with E-state index in [2.05, 4.69) is 64.3 Å². The smallest absolute Gasteiger partial charge is 0.283 e. The Kier molecular flexibility index (Phi) is 18.7. The molecule has 0 saturated carbocycles. The number of amides is 2. The van der Waals surface area contributed by atoms with Crippen molar-refractivity contribution in [2.45, 2.75) is 131 Å². The number of carbonyl (C=O) groups excluding carboxylic acids is 2. The summed E-state index contributed by atoms with van der Waals surface area (Å²) in [6.45, 7) is 27.5. The summed E-state index contributed by atoms with van der Waals surface area (Å²) in [6.07, 6.45) is 0.647. The minimum absolute atomic E-state index is 0.0139. The zero-order valence-electron chi connectivity index (χ0n) is 36.7. The highest BCUT2D eigenvalue weighted by molar-refractivity contribution is 6.89. The molecule has 0 atom stereocenters. The third kappa shape index (κ3) is 14.0. The van der Waals surface area contributed by atoms with Crippen molar-refractivity contribution in [3.05, 3.63) is 118 Å². The topological polar surface area (TPSA) is 76.7 Å². The highest BCUT2D eigenvalue weighted by atomic mass is 28.4. The first-order chi connectivity index (χ1) is 26.9. The van der Waals surface area contributed by atoms with Gasteiger partial charge in [-0.2, -0.15) is 0 Å². The summed E-state index contributed by atoms with van der Waals surface area (Å²) in [5.41, 5.74) is 8.24. The predicted octanol–water partition coefficient (Wildman–Crippen LogP) is 9.97. The molecule has 2 N–H and O–H groups in total. The standard InChI is InChI=1S/C24H34FNO2Si.C24H35NO2Si/c1-17(2)29(25,18(3)4)24-19(5)14-22(15-20(24)6)28-13-12-23(27)26-16-21-10-8-7-9-11-21;1-17(2)28(18(3)4)24-19(5)14-22(15-20(24)6)27-13-12-23(26)25-16-21-10-8-7-9-11-21/h7-11,14-15,17-18H,12-13,16H2,1-6H3,(H,26,27);7-11,14-15,17-18,28H,12-13,16H2,1-6H3,(H,25,26). The van der Waals surface area contributed by atoms with E-state index in [1.54, 1.807) is 5.19 Å². The predicted molar refractivity (Wildman–Crippen MR) is 242 cm³/mol. The first-order valence-corrected chi connectivity index (χ1v) is 24.7. The fourth-order valence-electron chi connectivity index (χ4n) is 8.13. The van der Waals surface area contributed by atoms with Crippen LogP contribution < -0.4 is 30.5 Å². The highest BCUT2D eigenvalue weighted by Gasteiger charge is 2.45. The summed E-state index contributed by atoms with van der Waals surface area (Å²) < 4.78 is 27.8. The zero-order chi connectivity index (χ0) is 42.3. The van der Waals surface area contributed by atoms with Gasteiger partial charge in [0.1, 0.15) is 11.5 Å². The van der Waals surface area contributed by atoms with Gasteiger partial charge in [0.15, 0.2) is 0 Å². The summed E-state index contributed by atoms with van der Waals surface area (Å²) in [5, 5.41) is 8.32. The van der Waals surface area contributed by atoms with Crippen LogP contribution in [0.3, 0.4) is 0 Å². The van der Waals surface area contributed by atoms with Crippen LogP contribution in [0.1, 0.15) is 102 Å². The van der Waals surface area contributed by atoms with E-state index in [4.69, 9.17) is 9.47 Å². The molecule has 0 aromatic heterocycles. The van der Waals surface area contributed by atoms with Crippen LogP contribution in [0.4, 0.5) is 4.11 Å². The van der Waals surface area contributed by atoms with Gasteiger partial charge in [0, 0.05) is 13.1 Å². The molecular formula is C48H69FN2O4Si2. The van der Waals surface area contributed by atoms with Crippen molar-refractivity contribution >= 4 is 39.4 Å². The minimum atomic E-state index is -3.10. The van der Waals surface area contributed by atoms with Gasteiger partial charge in [-0.3, -0.25) is 9.59 Å². The molecule has 310 valence electrons. The molecule has 0 fully saturated rings. The maximum Gasteiger partial charge on any atom is 0.283 e. The summed E-state index contributed by atoms with van der Waals surface area (Å²) in [4.78, 5) is 24.1. The van der Waals surface area contributed by atoms with Crippen molar-refractivity contribution in [3.63, 3.8) is 0 Å². The fourth-order valence-corrected chi connectivity index (χ4v) is 16.1. The lowest BCUT2D eigenvalue weighted by molar-refractivity contribution is -0.122. The van der Waals surface area contributed by atoms with Gasteiger partial charge in [-0.05, 0) is 113 Å². The second-order valence-corrected chi connectivity index (χ2v) is 25.4. The number of hydrogen-bond acceptors (Lipinski definition) is 4. The lowest BCUT2D eigenvalue weighted by atomic mass is 10.1. The lowest BCUT2D eigenvalue weighted by Gasteiger charge is -2.33. The minimum Gasteiger partial charge on any atom is -0.493 e. The molecule has 57 heavy (non-hydrogen) atoms. The Morgan fingerprint density at radius 1 is 0.596 bits per heavy atom. The van der Waals surface area contributed by atoms with Crippen molar-refractivity contribution in [1.29, 1.82) is 0 Å². The van der Waals surface area contributed by atoms with Gasteiger partial charge < -0.3 is 24.2 Å². The zero-order valence-corrected chi connectivity index (χ0v) is 38.9. The number of aryl methyl sites for hydroxylation is 4. The average Bonchev–Trinajstić information content (AvgIpc) is 3.15. The number of carbonyl (C=O) groups is 2. The first-order valence-electron chi connectivity index (χ1n) is 20.7. The van der Waals surface area contributed by atoms with Crippen molar-refractivity contribution < 1.29 is 23.2 Å². The molecule has 0 heterocycles. The SMILES string of the molecule is Cc1cc(OCCC(=O)NCc2ccccc2)cc(C)c1[SiH](C(C)C)C(C)C.Cc1cc(OCCC(=O)NCc2ccccc2)cc(C)c1[Si](F)(C(C)C)C(C)C. The molecule has 4 aromatic carbocycles. The number of ether oxygens (including phenoxy) is 2. The van der Waals surface area contributed by atoms with Crippen molar-refractivity contribution in [2.75, 3.05) is 13.2 Å². The van der Waals surface area contributed by atoms with Crippen LogP contribution in [0.25, 0.3) is 0 Å². The maximum atomic E-state index is 16.1. The molecule has 6 nitrogen and oxygen atoms in total. The van der Waals surface area contributed by atoms with Crippen LogP contribution in [0, 0.1) is 27.7 Å². The molecule has 9 heteroatoms. The van der Waals surface area contributed by atoms with E-state index < -0.39 is 17.2 Å². The van der Waals surface area contributed by atoms with E-state index in [1.807, 2.05) is 114 Å². The molecule has 2 amide bonds. The van der Waals surface area contributed by atoms with Crippen LogP contribution in [-0.2, 0) is 22.7 Å². The summed E-state index contributed by atoms with van der Waals surface area (Å²) in [6, 6.07) is 27.9. The molecule has 0 aliphatic rings. The number of halogens is 1. The summed E-state index contributed by atoms with van der Waals surface area (Å²) in [5.74, 6) is 1.54. The van der Waals surface area contributed by atoms with E-state index in [1.165, 1.54) is 11.1 Å². The molecule has 0 aliphatic carbocycles. The van der Waals surface area contributed by atoms with Gasteiger partial charge >= 0.3 is 0 Å². The molecule has 0 unspecified atom stereocenters. The van der Waals surface area contributed by atoms with Gasteiger partial charge in [0.05, 0.1) is 34.9 Å². The first kappa shape index (κ1) is 47.2. The largest absolute Gasteiger partial charge is 0.493 e. The molecule has 0 radical (unpaired) electrons. The molecule has 0 saturated heterocycles. The quantitative estimate of drug-likeness (QED) is 0.0775. The third-order valence-corrected chi connectivity index (χ3v) is 20.1. The fraction of sp³-hybridized carbons (Fsp3) is 0.458. The number of nitrogens with one attached hydrogen (secondary N) is 2. The highest BCUT2D eigenvalue weighted by Crippen LogP contribution is 2.36. The third-order valence-electron chi connectivity index (χ3n) is 10.8. The van der Waals surface area contributed by atoms with E-state index in [9.17, 15) is 9.59 Å². The average molecular weight is 813 g/mol. The second-order valence-electron chi connectivity index (χ2n) is 16.7. The van der Waals surface area contributed by atoms with Crippen LogP contribution in [0.5, 0.6) is 11.5 Å². The molecule has 0 aliphatic heterocycles. The Hall–Kier alpha value is -4.22. The Bertz CT molecular complexity index is 1800. The molecule has 4 rings (SSSR count). The Morgan fingerprint density at radius 3 is 1.28 bits per heavy atom. The van der Waals surface area contributed by atoms with Gasteiger partial charge in [-0.25, -0.2) is 0 Å². The monoisotopic (exact) mass is 812 g/mol. The molecule has 4 aromatic rings. The Labute approximate surface area is 346 Å². The van der Waals surface area contributed by atoms with Crippen LogP contribution >= 0.6 is 0 Å². The van der Waals surface area contributed by atoms with E-state index in [-0.39, 0.29) is 29.3 Å². The van der Waals surface area contributed by atoms with E-state index in [0.29, 0.717) is 38.5 Å². The van der Waals surface area contributed by atoms with E-state index in [0.717, 1.165) is 44.3 Å². The maximum absolute atomic E-state index is 16.1. The number of rotatable bonds is 18. The summed E-state index contributed by atoms with van der Waals surface area (Å²) in [7, 11) is -4.14. The van der Waals surface area contributed by atoms with Gasteiger partial charge in [-0.1, -0.05) is 121 Å². The van der Waals surface area contributed by atoms with Crippen molar-refractivity contribution in [3.8, 4) is 11.5 Å². The van der Waals surface area contributed by atoms with Gasteiger partial charge in [-0.15, -0.1) is 0 Å². The molecular weight excluding hydrogens is 744 g/mol. The van der Waals surface area contributed by atoms with Crippen LogP contribution in [0.15, 0.2) is 84.9 Å². The summed E-state index contributed by atoms with van der Waals surface area (Å²) >= 11 is 0.